The predicted molar refractivity (Wildman–Crippen MR) is 64.7 cm³/mol. The summed E-state index contributed by atoms with van der Waals surface area (Å²) in [7, 11) is 3.30. The molecular formula is C11H16BrNO2. The normalized spacial score (nSPS) is 10.2. The summed E-state index contributed by atoms with van der Waals surface area (Å²) in [5, 5.41) is 0. The summed E-state index contributed by atoms with van der Waals surface area (Å²) in [4.78, 5) is 0. The third-order valence-electron chi connectivity index (χ3n) is 2.26. The van der Waals surface area contributed by atoms with Crippen LogP contribution in [0.15, 0.2) is 10.5 Å². The van der Waals surface area contributed by atoms with Crippen molar-refractivity contribution < 1.29 is 9.47 Å². The average molecular weight is 274 g/mol. The van der Waals surface area contributed by atoms with E-state index < -0.39 is 0 Å². The van der Waals surface area contributed by atoms with Crippen molar-refractivity contribution in [3.05, 3.63) is 21.7 Å². The van der Waals surface area contributed by atoms with Crippen LogP contribution >= 0.6 is 15.9 Å². The molecule has 2 N–H and O–H groups in total. The molecule has 0 unspecified atom stereocenters. The van der Waals surface area contributed by atoms with Crippen LogP contribution < -0.4 is 15.2 Å². The Morgan fingerprint density at radius 3 is 2.33 bits per heavy atom. The fourth-order valence-electron chi connectivity index (χ4n) is 1.62. The minimum Gasteiger partial charge on any atom is -0.495 e. The van der Waals surface area contributed by atoms with Crippen LogP contribution in [-0.4, -0.2) is 20.8 Å². The van der Waals surface area contributed by atoms with E-state index in [0.717, 1.165) is 33.5 Å². The van der Waals surface area contributed by atoms with Gasteiger partial charge in [-0.25, -0.2) is 0 Å². The monoisotopic (exact) mass is 273 g/mol. The Morgan fingerprint density at radius 2 is 1.87 bits per heavy atom. The van der Waals surface area contributed by atoms with Crippen molar-refractivity contribution in [1.82, 2.24) is 0 Å². The van der Waals surface area contributed by atoms with E-state index in [1.54, 1.807) is 14.2 Å². The van der Waals surface area contributed by atoms with E-state index in [1.165, 1.54) is 0 Å². The number of methoxy groups -OCH3 is 2. The fourth-order valence-corrected chi connectivity index (χ4v) is 2.51. The lowest BCUT2D eigenvalue weighted by molar-refractivity contribution is 0.384. The summed E-state index contributed by atoms with van der Waals surface area (Å²) < 4.78 is 11.5. The molecule has 1 aromatic carbocycles. The highest BCUT2D eigenvalue weighted by Gasteiger charge is 2.14. The first-order valence-electron chi connectivity index (χ1n) is 4.75. The molecule has 1 aromatic rings. The van der Waals surface area contributed by atoms with E-state index in [2.05, 4.69) is 22.0 Å². The summed E-state index contributed by atoms with van der Waals surface area (Å²) >= 11 is 3.48. The molecule has 0 saturated heterocycles. The van der Waals surface area contributed by atoms with Gasteiger partial charge >= 0.3 is 0 Å². The molecule has 0 spiro atoms. The van der Waals surface area contributed by atoms with Crippen molar-refractivity contribution in [3.63, 3.8) is 0 Å². The SMILES string of the molecule is COc1c(C)cc(CCN)c(OC)c1Br. The molecule has 0 radical (unpaired) electrons. The van der Waals surface area contributed by atoms with Gasteiger partial charge in [0.15, 0.2) is 0 Å². The Hall–Kier alpha value is -0.740. The van der Waals surface area contributed by atoms with Crippen molar-refractivity contribution in [2.45, 2.75) is 13.3 Å². The van der Waals surface area contributed by atoms with E-state index in [0.29, 0.717) is 6.54 Å². The quantitative estimate of drug-likeness (QED) is 0.916. The standard InChI is InChI=1S/C11H16BrNO2/c1-7-6-8(4-5-13)11(15-3)9(12)10(7)14-2/h6H,4-5,13H2,1-3H3. The lowest BCUT2D eigenvalue weighted by Gasteiger charge is -2.15. The highest BCUT2D eigenvalue weighted by atomic mass is 79.9. The van der Waals surface area contributed by atoms with Gasteiger partial charge in [0.05, 0.1) is 14.2 Å². The van der Waals surface area contributed by atoms with Crippen LogP contribution in [0.5, 0.6) is 11.5 Å². The van der Waals surface area contributed by atoms with Crippen LogP contribution in [0.2, 0.25) is 0 Å². The molecule has 0 fully saturated rings. The molecule has 0 bridgehead atoms. The molecule has 15 heavy (non-hydrogen) atoms. The van der Waals surface area contributed by atoms with Gasteiger partial charge in [-0.2, -0.15) is 0 Å². The van der Waals surface area contributed by atoms with Crippen LogP contribution in [-0.2, 0) is 6.42 Å². The Morgan fingerprint density at radius 1 is 1.27 bits per heavy atom. The van der Waals surface area contributed by atoms with Gasteiger partial charge in [0, 0.05) is 0 Å². The zero-order chi connectivity index (χ0) is 11.4. The molecule has 4 heteroatoms. The van der Waals surface area contributed by atoms with Crippen LogP contribution in [0.25, 0.3) is 0 Å². The number of nitrogens with two attached hydrogens (primary N) is 1. The molecule has 0 aliphatic heterocycles. The molecule has 0 aliphatic rings. The lowest BCUT2D eigenvalue weighted by Crippen LogP contribution is -2.05. The second kappa shape index (κ2) is 5.37. The van der Waals surface area contributed by atoms with Gasteiger partial charge < -0.3 is 15.2 Å². The van der Waals surface area contributed by atoms with Gasteiger partial charge in [0.2, 0.25) is 0 Å². The van der Waals surface area contributed by atoms with Crippen molar-refractivity contribution in [3.8, 4) is 11.5 Å². The largest absolute Gasteiger partial charge is 0.495 e. The Bertz CT molecular complexity index is 353. The molecule has 0 saturated carbocycles. The molecule has 0 aromatic heterocycles. The van der Waals surface area contributed by atoms with Gasteiger partial charge in [-0.15, -0.1) is 0 Å². The predicted octanol–water partition coefficient (Wildman–Crippen LogP) is 2.28. The van der Waals surface area contributed by atoms with Gasteiger partial charge in [-0.1, -0.05) is 0 Å². The fraction of sp³-hybridized carbons (Fsp3) is 0.455. The first-order valence-corrected chi connectivity index (χ1v) is 5.55. The van der Waals surface area contributed by atoms with E-state index in [9.17, 15) is 0 Å². The second-order valence-electron chi connectivity index (χ2n) is 3.27. The molecule has 0 amide bonds. The number of hydrogen-bond acceptors (Lipinski definition) is 3. The number of benzene rings is 1. The van der Waals surface area contributed by atoms with Gasteiger partial charge in [-0.3, -0.25) is 0 Å². The molecule has 84 valence electrons. The molecule has 0 aliphatic carbocycles. The van der Waals surface area contributed by atoms with E-state index in [-0.39, 0.29) is 0 Å². The zero-order valence-corrected chi connectivity index (χ0v) is 10.8. The maximum absolute atomic E-state index is 5.55. The third kappa shape index (κ3) is 2.44. The Balaban J connectivity index is 3.30. The maximum atomic E-state index is 5.55. The summed E-state index contributed by atoms with van der Waals surface area (Å²) in [6.45, 7) is 2.61. The van der Waals surface area contributed by atoms with Crippen LogP contribution in [0.4, 0.5) is 0 Å². The average Bonchev–Trinajstić information content (AvgIpc) is 2.19. The minimum atomic E-state index is 0.606. The first kappa shape index (κ1) is 12.3. The number of ether oxygens (including phenoxy) is 2. The lowest BCUT2D eigenvalue weighted by atomic mass is 10.1. The van der Waals surface area contributed by atoms with Gasteiger partial charge in [-0.05, 0) is 53.0 Å². The van der Waals surface area contributed by atoms with E-state index in [4.69, 9.17) is 15.2 Å². The van der Waals surface area contributed by atoms with Crippen LogP contribution in [0, 0.1) is 6.92 Å². The van der Waals surface area contributed by atoms with Gasteiger partial charge in [0.1, 0.15) is 16.0 Å². The van der Waals surface area contributed by atoms with Crippen molar-refractivity contribution in [2.75, 3.05) is 20.8 Å². The maximum Gasteiger partial charge on any atom is 0.140 e. The van der Waals surface area contributed by atoms with Crippen LogP contribution in [0.3, 0.4) is 0 Å². The number of halogens is 1. The van der Waals surface area contributed by atoms with Crippen LogP contribution in [0.1, 0.15) is 11.1 Å². The summed E-state index contributed by atoms with van der Waals surface area (Å²) in [6, 6.07) is 2.05. The molecular weight excluding hydrogens is 258 g/mol. The topological polar surface area (TPSA) is 44.5 Å². The van der Waals surface area contributed by atoms with Crippen molar-refractivity contribution in [1.29, 1.82) is 0 Å². The summed E-state index contributed by atoms with van der Waals surface area (Å²) in [6.07, 6.45) is 0.798. The Labute approximate surface area is 98.7 Å². The second-order valence-corrected chi connectivity index (χ2v) is 4.06. The summed E-state index contributed by atoms with van der Waals surface area (Å²) in [5.41, 5.74) is 7.73. The van der Waals surface area contributed by atoms with Gasteiger partial charge in [0.25, 0.3) is 0 Å². The van der Waals surface area contributed by atoms with Crippen molar-refractivity contribution >= 4 is 15.9 Å². The number of aryl methyl sites for hydroxylation is 1. The summed E-state index contributed by atoms with van der Waals surface area (Å²) in [5.74, 6) is 1.62. The molecule has 0 heterocycles. The third-order valence-corrected chi connectivity index (χ3v) is 2.98. The first-order chi connectivity index (χ1) is 7.15. The highest BCUT2D eigenvalue weighted by molar-refractivity contribution is 9.10. The highest BCUT2D eigenvalue weighted by Crippen LogP contribution is 2.39. The van der Waals surface area contributed by atoms with E-state index in [1.807, 2.05) is 6.92 Å². The van der Waals surface area contributed by atoms with E-state index >= 15 is 0 Å². The minimum absolute atomic E-state index is 0.606. The molecule has 3 nitrogen and oxygen atoms in total. The molecule has 1 rings (SSSR count). The molecule has 0 atom stereocenters. The number of hydrogen-bond donors (Lipinski definition) is 1. The number of rotatable bonds is 4. The smallest absolute Gasteiger partial charge is 0.140 e. The van der Waals surface area contributed by atoms with Crippen molar-refractivity contribution in [2.24, 2.45) is 5.73 Å². The zero-order valence-electron chi connectivity index (χ0n) is 9.26. The Kier molecular flexibility index (Phi) is 4.42.